The first-order valence-electron chi connectivity index (χ1n) is 11.4. The van der Waals surface area contributed by atoms with Crippen LogP contribution in [0, 0.1) is 18.3 Å². The molecule has 0 amide bonds. The zero-order chi connectivity index (χ0) is 25.9. The number of rotatable bonds is 5. The number of nitrogens with two attached hydrogens (primary N) is 1. The van der Waals surface area contributed by atoms with Crippen molar-refractivity contribution in [2.24, 2.45) is 10.2 Å². The SMILES string of the molecule is Cc1ccc(-c2nn(-c3ccccc3)cc2-c2cc(O)c(N=Nc3ccc(Cl)cc3)c(N)c2C#N)cc1. The van der Waals surface area contributed by atoms with Gasteiger partial charge >= 0.3 is 0 Å². The molecule has 0 bridgehead atoms. The predicted molar refractivity (Wildman–Crippen MR) is 146 cm³/mol. The van der Waals surface area contributed by atoms with Crippen LogP contribution < -0.4 is 5.73 Å². The average molecular weight is 505 g/mol. The Morgan fingerprint density at radius 1 is 0.946 bits per heavy atom. The Balaban J connectivity index is 1.67. The van der Waals surface area contributed by atoms with Gasteiger partial charge in [-0.3, -0.25) is 0 Å². The predicted octanol–water partition coefficient (Wildman–Crippen LogP) is 7.74. The number of aromatic nitrogens is 2. The van der Waals surface area contributed by atoms with Crippen molar-refractivity contribution in [3.05, 3.63) is 107 Å². The highest BCUT2D eigenvalue weighted by molar-refractivity contribution is 6.30. The summed E-state index contributed by atoms with van der Waals surface area (Å²) in [6.07, 6.45) is 1.83. The number of nitriles is 1. The molecule has 0 aliphatic rings. The Hall–Kier alpha value is -4.93. The number of aromatic hydroxyl groups is 1. The van der Waals surface area contributed by atoms with Gasteiger partial charge in [0.15, 0.2) is 5.69 Å². The van der Waals surface area contributed by atoms with Gasteiger partial charge in [0.25, 0.3) is 0 Å². The molecule has 0 atom stereocenters. The summed E-state index contributed by atoms with van der Waals surface area (Å²) in [4.78, 5) is 0. The molecule has 37 heavy (non-hydrogen) atoms. The highest BCUT2D eigenvalue weighted by atomic mass is 35.5. The summed E-state index contributed by atoms with van der Waals surface area (Å²) < 4.78 is 1.74. The summed E-state index contributed by atoms with van der Waals surface area (Å²) in [6, 6.07) is 28.0. The van der Waals surface area contributed by atoms with Gasteiger partial charge < -0.3 is 10.8 Å². The van der Waals surface area contributed by atoms with Gasteiger partial charge in [-0.15, -0.1) is 5.11 Å². The van der Waals surface area contributed by atoms with Crippen molar-refractivity contribution < 1.29 is 5.11 Å². The van der Waals surface area contributed by atoms with Gasteiger partial charge in [-0.05, 0) is 49.4 Å². The lowest BCUT2D eigenvalue weighted by atomic mass is 9.95. The van der Waals surface area contributed by atoms with Crippen LogP contribution in [0.3, 0.4) is 0 Å². The van der Waals surface area contributed by atoms with Crippen molar-refractivity contribution in [3.63, 3.8) is 0 Å². The van der Waals surface area contributed by atoms with Crippen LogP contribution in [0.1, 0.15) is 11.1 Å². The molecule has 0 saturated heterocycles. The second kappa shape index (κ2) is 9.97. The molecule has 0 unspecified atom stereocenters. The lowest BCUT2D eigenvalue weighted by Gasteiger charge is -2.11. The van der Waals surface area contributed by atoms with Crippen molar-refractivity contribution in [2.75, 3.05) is 5.73 Å². The number of halogens is 1. The van der Waals surface area contributed by atoms with Crippen LogP contribution in [0.2, 0.25) is 5.02 Å². The fourth-order valence-corrected chi connectivity index (χ4v) is 4.07. The molecule has 7 nitrogen and oxygen atoms in total. The summed E-state index contributed by atoms with van der Waals surface area (Å²) in [5.74, 6) is -0.202. The first kappa shape index (κ1) is 23.8. The Bertz CT molecular complexity index is 1650. The van der Waals surface area contributed by atoms with E-state index in [1.165, 1.54) is 6.07 Å². The Morgan fingerprint density at radius 3 is 2.32 bits per heavy atom. The van der Waals surface area contributed by atoms with Gasteiger partial charge in [-0.1, -0.05) is 59.6 Å². The molecule has 0 aliphatic heterocycles. The van der Waals surface area contributed by atoms with Gasteiger partial charge in [0, 0.05) is 27.9 Å². The number of azo groups is 1. The van der Waals surface area contributed by atoms with E-state index in [2.05, 4.69) is 16.3 Å². The number of para-hydroxylation sites is 1. The molecule has 0 spiro atoms. The molecule has 0 saturated carbocycles. The number of nitrogens with zero attached hydrogens (tertiary/aromatic N) is 5. The molecule has 180 valence electrons. The van der Waals surface area contributed by atoms with E-state index >= 15 is 0 Å². The number of hydrogen-bond acceptors (Lipinski definition) is 6. The monoisotopic (exact) mass is 504 g/mol. The zero-order valence-electron chi connectivity index (χ0n) is 19.8. The molecule has 8 heteroatoms. The molecular formula is C29H21ClN6O. The Kier molecular flexibility index (Phi) is 6.42. The quantitative estimate of drug-likeness (QED) is 0.188. The molecule has 0 fully saturated rings. The average Bonchev–Trinajstić information content (AvgIpc) is 3.35. The summed E-state index contributed by atoms with van der Waals surface area (Å²) in [5.41, 5.74) is 11.7. The molecule has 0 radical (unpaired) electrons. The van der Waals surface area contributed by atoms with Crippen molar-refractivity contribution in [1.29, 1.82) is 5.26 Å². The third-order valence-electron chi connectivity index (χ3n) is 5.87. The molecule has 5 aromatic rings. The Labute approximate surface area is 218 Å². The van der Waals surface area contributed by atoms with Crippen LogP contribution in [0.5, 0.6) is 5.75 Å². The number of phenols is 1. The maximum absolute atomic E-state index is 10.9. The van der Waals surface area contributed by atoms with E-state index in [-0.39, 0.29) is 22.7 Å². The highest BCUT2D eigenvalue weighted by Crippen LogP contribution is 2.44. The maximum atomic E-state index is 10.9. The van der Waals surface area contributed by atoms with Gasteiger partial charge in [0.2, 0.25) is 0 Å². The third kappa shape index (κ3) is 4.79. The summed E-state index contributed by atoms with van der Waals surface area (Å²) in [7, 11) is 0. The van der Waals surface area contributed by atoms with E-state index in [0.717, 1.165) is 16.8 Å². The molecule has 5 rings (SSSR count). The standard InChI is InChI=1S/C29H21ClN6O/c1-18-7-9-19(10-8-18)28-25(17-36(35-28)22-5-3-2-4-6-22)23-15-26(37)29(27(32)24(23)16-31)34-33-21-13-11-20(30)12-14-21/h2-15,17,37H,32H2,1H3. The van der Waals surface area contributed by atoms with Crippen molar-refractivity contribution in [2.45, 2.75) is 6.92 Å². The van der Waals surface area contributed by atoms with Crippen LogP contribution in [-0.4, -0.2) is 14.9 Å². The van der Waals surface area contributed by atoms with E-state index in [4.69, 9.17) is 22.4 Å². The van der Waals surface area contributed by atoms with Gasteiger partial charge in [0.1, 0.15) is 17.5 Å². The minimum atomic E-state index is -0.202. The van der Waals surface area contributed by atoms with Crippen molar-refractivity contribution in [1.82, 2.24) is 9.78 Å². The maximum Gasteiger partial charge on any atom is 0.152 e. The fraction of sp³-hybridized carbons (Fsp3) is 0.0345. The van der Waals surface area contributed by atoms with E-state index in [1.807, 2.05) is 67.7 Å². The number of phenolic OH excluding ortho intramolecular Hbond substituents is 1. The molecular weight excluding hydrogens is 484 g/mol. The van der Waals surface area contributed by atoms with Gasteiger partial charge in [0.05, 0.1) is 22.6 Å². The minimum absolute atomic E-state index is 0.0163. The zero-order valence-corrected chi connectivity index (χ0v) is 20.6. The van der Waals surface area contributed by atoms with Crippen LogP contribution in [0.25, 0.3) is 28.1 Å². The number of aryl methyl sites for hydroxylation is 1. The molecule has 4 aromatic carbocycles. The first-order chi connectivity index (χ1) is 17.9. The smallest absolute Gasteiger partial charge is 0.152 e. The summed E-state index contributed by atoms with van der Waals surface area (Å²) >= 11 is 5.92. The second-order valence-corrected chi connectivity index (χ2v) is 8.84. The third-order valence-corrected chi connectivity index (χ3v) is 6.12. The number of benzene rings is 4. The fourth-order valence-electron chi connectivity index (χ4n) is 3.94. The molecule has 3 N–H and O–H groups in total. The van der Waals surface area contributed by atoms with Crippen molar-refractivity contribution >= 4 is 28.7 Å². The number of anilines is 1. The van der Waals surface area contributed by atoms with E-state index < -0.39 is 0 Å². The minimum Gasteiger partial charge on any atom is -0.506 e. The largest absolute Gasteiger partial charge is 0.506 e. The van der Waals surface area contributed by atoms with Crippen LogP contribution in [0.4, 0.5) is 17.1 Å². The molecule has 1 heterocycles. The van der Waals surface area contributed by atoms with Crippen LogP contribution in [0.15, 0.2) is 101 Å². The van der Waals surface area contributed by atoms with E-state index in [9.17, 15) is 10.4 Å². The van der Waals surface area contributed by atoms with Gasteiger partial charge in [-0.25, -0.2) is 4.68 Å². The number of hydrogen-bond donors (Lipinski definition) is 2. The Morgan fingerprint density at radius 2 is 1.65 bits per heavy atom. The van der Waals surface area contributed by atoms with Crippen LogP contribution in [-0.2, 0) is 0 Å². The summed E-state index contributed by atoms with van der Waals surface area (Å²) in [6.45, 7) is 2.01. The summed E-state index contributed by atoms with van der Waals surface area (Å²) in [5, 5.41) is 34.7. The molecule has 1 aromatic heterocycles. The molecule has 0 aliphatic carbocycles. The van der Waals surface area contributed by atoms with E-state index in [1.54, 1.807) is 28.9 Å². The second-order valence-electron chi connectivity index (χ2n) is 8.41. The van der Waals surface area contributed by atoms with Gasteiger partial charge in [-0.2, -0.15) is 15.5 Å². The van der Waals surface area contributed by atoms with E-state index in [0.29, 0.717) is 27.5 Å². The highest BCUT2D eigenvalue weighted by Gasteiger charge is 2.22. The van der Waals surface area contributed by atoms with Crippen LogP contribution >= 0.6 is 11.6 Å². The first-order valence-corrected chi connectivity index (χ1v) is 11.8. The lowest BCUT2D eigenvalue weighted by Crippen LogP contribution is -1.95. The topological polar surface area (TPSA) is 113 Å². The normalized spacial score (nSPS) is 11.1. The lowest BCUT2D eigenvalue weighted by molar-refractivity contribution is 0.477. The van der Waals surface area contributed by atoms with Crippen molar-refractivity contribution in [3.8, 4) is 39.9 Å². The number of nitrogen functional groups attached to an aromatic ring is 1.